The lowest BCUT2D eigenvalue weighted by atomic mass is 10.1. The van der Waals surface area contributed by atoms with E-state index in [0.717, 1.165) is 11.1 Å². The van der Waals surface area contributed by atoms with Crippen LogP contribution >= 0.6 is 0 Å². The Morgan fingerprint density at radius 3 is 2.73 bits per heavy atom. The molecule has 1 amide bonds. The molecule has 0 aromatic carbocycles. The van der Waals surface area contributed by atoms with E-state index in [1.165, 1.54) is 11.9 Å². The van der Waals surface area contributed by atoms with Crippen LogP contribution in [-0.4, -0.2) is 39.8 Å². The highest BCUT2D eigenvalue weighted by Gasteiger charge is 2.06. The molecular weight excluding hydrogens is 196 g/mol. The molecule has 0 fully saturated rings. The zero-order valence-electron chi connectivity index (χ0n) is 8.55. The average Bonchev–Trinajstić information content (AvgIpc) is 2.18. The van der Waals surface area contributed by atoms with Gasteiger partial charge in [-0.3, -0.25) is 4.98 Å². The summed E-state index contributed by atoms with van der Waals surface area (Å²) in [5, 5.41) is 17.4. The molecule has 1 rings (SSSR count). The maximum atomic E-state index is 10.6. The number of hydrogen-bond acceptors (Lipinski definition) is 3. The van der Waals surface area contributed by atoms with Crippen molar-refractivity contribution < 1.29 is 15.0 Å². The molecule has 0 aliphatic carbocycles. The second-order valence-electron chi connectivity index (χ2n) is 3.31. The Labute approximate surface area is 88.0 Å². The van der Waals surface area contributed by atoms with Gasteiger partial charge in [0.05, 0.1) is 6.54 Å². The van der Waals surface area contributed by atoms with Crippen molar-refractivity contribution in [3.8, 4) is 0 Å². The largest absolute Gasteiger partial charge is 0.465 e. The van der Waals surface area contributed by atoms with E-state index in [2.05, 4.69) is 4.98 Å². The number of carbonyl (C=O) groups is 1. The Morgan fingerprint density at radius 1 is 1.47 bits per heavy atom. The van der Waals surface area contributed by atoms with Crippen LogP contribution in [0.4, 0.5) is 4.79 Å². The van der Waals surface area contributed by atoms with Gasteiger partial charge in [0.25, 0.3) is 0 Å². The molecular formula is C10H14N2O3. The molecule has 1 aromatic rings. The van der Waals surface area contributed by atoms with E-state index < -0.39 is 6.09 Å². The highest BCUT2D eigenvalue weighted by Crippen LogP contribution is 2.06. The third-order valence-electron chi connectivity index (χ3n) is 2.00. The van der Waals surface area contributed by atoms with Crippen molar-refractivity contribution in [1.29, 1.82) is 0 Å². The molecule has 5 heteroatoms. The van der Waals surface area contributed by atoms with Crippen molar-refractivity contribution in [3.05, 3.63) is 29.6 Å². The Morgan fingerprint density at radius 2 is 2.13 bits per heavy atom. The topological polar surface area (TPSA) is 73.7 Å². The van der Waals surface area contributed by atoms with Crippen LogP contribution in [0.2, 0.25) is 0 Å². The van der Waals surface area contributed by atoms with Crippen molar-refractivity contribution >= 4 is 6.09 Å². The summed E-state index contributed by atoms with van der Waals surface area (Å²) in [6.45, 7) is 0.376. The highest BCUT2D eigenvalue weighted by atomic mass is 16.4. The van der Waals surface area contributed by atoms with Gasteiger partial charge in [-0.25, -0.2) is 4.79 Å². The molecule has 0 atom stereocenters. The van der Waals surface area contributed by atoms with E-state index >= 15 is 0 Å². The molecule has 1 aromatic heterocycles. The normalized spacial score (nSPS) is 10.0. The molecule has 0 unspecified atom stereocenters. The van der Waals surface area contributed by atoms with Crippen LogP contribution < -0.4 is 0 Å². The number of rotatable bonds is 4. The quantitative estimate of drug-likeness (QED) is 0.768. The molecule has 82 valence electrons. The van der Waals surface area contributed by atoms with E-state index in [1.807, 2.05) is 6.07 Å². The van der Waals surface area contributed by atoms with Crippen LogP contribution in [0.1, 0.15) is 11.1 Å². The fourth-order valence-corrected chi connectivity index (χ4v) is 1.24. The number of carboxylic acid groups (broad SMARTS) is 1. The molecule has 2 N–H and O–H groups in total. The smallest absolute Gasteiger partial charge is 0.407 e. The molecule has 0 spiro atoms. The second-order valence-corrected chi connectivity index (χ2v) is 3.31. The molecule has 5 nitrogen and oxygen atoms in total. The lowest BCUT2D eigenvalue weighted by molar-refractivity contribution is 0.153. The molecule has 0 saturated carbocycles. The highest BCUT2D eigenvalue weighted by molar-refractivity contribution is 5.64. The van der Waals surface area contributed by atoms with Crippen molar-refractivity contribution in [2.75, 3.05) is 13.7 Å². The number of pyridine rings is 1. The van der Waals surface area contributed by atoms with Gasteiger partial charge in [-0.05, 0) is 17.5 Å². The predicted octanol–water partition coefficient (Wildman–Crippen LogP) is 0.726. The van der Waals surface area contributed by atoms with Gasteiger partial charge >= 0.3 is 6.09 Å². The second kappa shape index (κ2) is 5.31. The average molecular weight is 210 g/mol. The minimum absolute atomic E-state index is 0.0693. The first-order valence-corrected chi connectivity index (χ1v) is 4.61. The van der Waals surface area contributed by atoms with Crippen molar-refractivity contribution in [1.82, 2.24) is 9.88 Å². The number of hydrogen-bond donors (Lipinski definition) is 2. The number of nitrogens with zero attached hydrogens (tertiary/aromatic N) is 2. The molecule has 0 saturated heterocycles. The minimum Gasteiger partial charge on any atom is -0.465 e. The van der Waals surface area contributed by atoms with Crippen LogP contribution in [0.15, 0.2) is 18.5 Å². The number of aliphatic hydroxyl groups excluding tert-OH is 1. The van der Waals surface area contributed by atoms with Crippen molar-refractivity contribution in [2.24, 2.45) is 0 Å². The van der Waals surface area contributed by atoms with E-state index in [0.29, 0.717) is 13.0 Å². The summed E-state index contributed by atoms with van der Waals surface area (Å²) in [7, 11) is 1.50. The summed E-state index contributed by atoms with van der Waals surface area (Å²) in [5.74, 6) is 0. The lowest BCUT2D eigenvalue weighted by Gasteiger charge is -2.12. The number of aliphatic hydroxyl groups is 1. The fraction of sp³-hybridized carbons (Fsp3) is 0.400. The van der Waals surface area contributed by atoms with E-state index in [1.54, 1.807) is 12.4 Å². The minimum atomic E-state index is -0.970. The van der Waals surface area contributed by atoms with Crippen molar-refractivity contribution in [2.45, 2.75) is 13.0 Å². The van der Waals surface area contributed by atoms with Gasteiger partial charge in [0.2, 0.25) is 0 Å². The van der Waals surface area contributed by atoms with Crippen LogP contribution in [-0.2, 0) is 13.0 Å². The van der Waals surface area contributed by atoms with Gasteiger partial charge in [-0.15, -0.1) is 0 Å². The molecule has 0 aliphatic heterocycles. The van der Waals surface area contributed by atoms with Crippen LogP contribution in [0.25, 0.3) is 0 Å². The maximum Gasteiger partial charge on any atom is 0.407 e. The van der Waals surface area contributed by atoms with Gasteiger partial charge in [0.1, 0.15) is 0 Å². The Hall–Kier alpha value is -1.62. The lowest BCUT2D eigenvalue weighted by Crippen LogP contribution is -2.24. The van der Waals surface area contributed by atoms with Crippen LogP contribution in [0, 0.1) is 0 Å². The number of amides is 1. The standard InChI is InChI=1S/C10H14N2O3/c1-12(10(14)15)7-9-4-8(2-3-13)5-11-6-9/h4-6,13H,2-3,7H2,1H3,(H,14,15). The monoisotopic (exact) mass is 210 g/mol. The molecule has 0 aliphatic rings. The summed E-state index contributed by atoms with van der Waals surface area (Å²) in [6, 6.07) is 1.85. The summed E-state index contributed by atoms with van der Waals surface area (Å²) in [5.41, 5.74) is 1.74. The van der Waals surface area contributed by atoms with Crippen LogP contribution in [0.5, 0.6) is 0 Å². The van der Waals surface area contributed by atoms with Crippen molar-refractivity contribution in [3.63, 3.8) is 0 Å². The molecule has 0 bridgehead atoms. The van der Waals surface area contributed by atoms with Gasteiger partial charge in [-0.2, -0.15) is 0 Å². The fourth-order valence-electron chi connectivity index (χ4n) is 1.24. The molecule has 15 heavy (non-hydrogen) atoms. The number of aromatic nitrogens is 1. The third-order valence-corrected chi connectivity index (χ3v) is 2.00. The van der Waals surface area contributed by atoms with Gasteiger partial charge in [-0.1, -0.05) is 6.07 Å². The van der Waals surface area contributed by atoms with E-state index in [9.17, 15) is 4.79 Å². The Bertz CT molecular complexity index is 341. The summed E-state index contributed by atoms with van der Waals surface area (Å²) >= 11 is 0. The maximum absolute atomic E-state index is 10.6. The van der Waals surface area contributed by atoms with E-state index in [4.69, 9.17) is 10.2 Å². The first-order valence-electron chi connectivity index (χ1n) is 4.61. The first kappa shape index (κ1) is 11.5. The van der Waals surface area contributed by atoms with Gasteiger partial charge in [0.15, 0.2) is 0 Å². The summed E-state index contributed by atoms with van der Waals surface area (Å²) in [6.07, 6.45) is 2.86. The summed E-state index contributed by atoms with van der Waals surface area (Å²) in [4.78, 5) is 15.7. The molecule has 0 radical (unpaired) electrons. The van der Waals surface area contributed by atoms with Crippen LogP contribution in [0.3, 0.4) is 0 Å². The zero-order valence-corrected chi connectivity index (χ0v) is 8.55. The Balaban J connectivity index is 2.68. The SMILES string of the molecule is CN(Cc1cncc(CCO)c1)C(=O)O. The Kier molecular flexibility index (Phi) is 4.05. The van der Waals surface area contributed by atoms with E-state index in [-0.39, 0.29) is 6.61 Å². The summed E-state index contributed by atoms with van der Waals surface area (Å²) < 4.78 is 0. The molecule has 1 heterocycles. The predicted molar refractivity (Wildman–Crippen MR) is 54.5 cm³/mol. The third kappa shape index (κ3) is 3.55. The van der Waals surface area contributed by atoms with Gasteiger partial charge < -0.3 is 15.1 Å². The first-order chi connectivity index (χ1) is 7.13. The zero-order chi connectivity index (χ0) is 11.3. The van der Waals surface area contributed by atoms with Gasteiger partial charge in [0, 0.05) is 26.0 Å².